The minimum absolute atomic E-state index is 0.0225. The monoisotopic (exact) mass is 397 g/mol. The number of benzene rings is 2. The Morgan fingerprint density at radius 3 is 2.59 bits per heavy atom. The quantitative estimate of drug-likeness (QED) is 0.579. The first-order valence-electron chi connectivity index (χ1n) is 9.23. The van der Waals surface area contributed by atoms with Gasteiger partial charge in [0.1, 0.15) is 5.75 Å². The van der Waals surface area contributed by atoms with Gasteiger partial charge in [0.05, 0.1) is 30.4 Å². The average Bonchev–Trinajstić information content (AvgIpc) is 2.78. The number of fused-ring (bicyclic) bond motifs is 1. The second kappa shape index (κ2) is 7.88. The number of hydrogen-bond acceptors (Lipinski definition) is 6. The lowest BCUT2D eigenvalue weighted by atomic mass is 10.1. The number of amides is 2. The van der Waals surface area contributed by atoms with Crippen LogP contribution in [0.2, 0.25) is 0 Å². The summed E-state index contributed by atoms with van der Waals surface area (Å²) in [7, 11) is 0. The largest absolute Gasteiger partial charge is 0.476 e. The summed E-state index contributed by atoms with van der Waals surface area (Å²) in [5, 5.41) is 11.1. The van der Waals surface area contributed by atoms with Gasteiger partial charge in [0.15, 0.2) is 6.10 Å². The Labute approximate surface area is 166 Å². The molecule has 2 heterocycles. The fraction of sp³-hybridized carbons (Fsp3) is 0.300. The van der Waals surface area contributed by atoms with Crippen molar-refractivity contribution in [3.63, 3.8) is 0 Å². The van der Waals surface area contributed by atoms with Crippen LogP contribution in [-0.4, -0.2) is 60.6 Å². The van der Waals surface area contributed by atoms with Gasteiger partial charge >= 0.3 is 0 Å². The predicted molar refractivity (Wildman–Crippen MR) is 103 cm³/mol. The Bertz CT molecular complexity index is 957. The summed E-state index contributed by atoms with van der Waals surface area (Å²) in [4.78, 5) is 39.7. The smallest absolute Gasteiger partial charge is 0.270 e. The van der Waals surface area contributed by atoms with Crippen LogP contribution in [-0.2, 0) is 9.53 Å². The van der Waals surface area contributed by atoms with Crippen molar-refractivity contribution in [2.75, 3.05) is 37.7 Å². The molecule has 2 aliphatic rings. The zero-order valence-electron chi connectivity index (χ0n) is 15.5. The molecule has 2 aromatic rings. The lowest BCUT2D eigenvalue weighted by molar-refractivity contribution is -0.384. The topological polar surface area (TPSA) is 102 Å². The zero-order valence-corrected chi connectivity index (χ0v) is 15.5. The molecule has 0 aromatic heterocycles. The summed E-state index contributed by atoms with van der Waals surface area (Å²) in [5.41, 5.74) is 0.529. The number of hydrogen-bond donors (Lipinski definition) is 0. The molecule has 0 unspecified atom stereocenters. The summed E-state index contributed by atoms with van der Waals surface area (Å²) in [5.74, 6) is -0.215. The van der Waals surface area contributed by atoms with E-state index in [1.54, 1.807) is 29.2 Å². The first kappa shape index (κ1) is 18.9. The van der Waals surface area contributed by atoms with Crippen molar-refractivity contribution in [2.45, 2.75) is 6.10 Å². The van der Waals surface area contributed by atoms with E-state index >= 15 is 0 Å². The Hall–Kier alpha value is -3.46. The SMILES string of the molecule is O=C([C@H]1CN(C(=O)c2cccc([N+](=O)[O-])c2)c2ccccc2O1)N1CCOCC1. The van der Waals surface area contributed by atoms with Gasteiger partial charge in [-0.05, 0) is 18.2 Å². The van der Waals surface area contributed by atoms with E-state index in [9.17, 15) is 19.7 Å². The molecule has 2 amide bonds. The van der Waals surface area contributed by atoms with Gasteiger partial charge in [-0.2, -0.15) is 0 Å². The number of rotatable bonds is 3. The van der Waals surface area contributed by atoms with Crippen LogP contribution < -0.4 is 9.64 Å². The van der Waals surface area contributed by atoms with Gasteiger partial charge in [0.2, 0.25) is 0 Å². The number of non-ortho nitro benzene ring substituents is 1. The maximum atomic E-state index is 13.2. The van der Waals surface area contributed by atoms with Crippen molar-refractivity contribution < 1.29 is 24.0 Å². The molecule has 1 saturated heterocycles. The van der Waals surface area contributed by atoms with E-state index in [-0.39, 0.29) is 23.7 Å². The van der Waals surface area contributed by atoms with Crippen LogP contribution in [0.25, 0.3) is 0 Å². The summed E-state index contributed by atoms with van der Waals surface area (Å²) < 4.78 is 11.2. The normalized spacial score (nSPS) is 18.6. The van der Waals surface area contributed by atoms with E-state index in [1.807, 2.05) is 0 Å². The average molecular weight is 397 g/mol. The number of nitro benzene ring substituents is 1. The summed E-state index contributed by atoms with van der Waals surface area (Å²) in [6.45, 7) is 1.89. The Kier molecular flexibility index (Phi) is 5.13. The number of para-hydroxylation sites is 2. The molecule has 0 radical (unpaired) electrons. The molecule has 4 rings (SSSR count). The minimum Gasteiger partial charge on any atom is -0.476 e. The van der Waals surface area contributed by atoms with Crippen LogP contribution in [0.5, 0.6) is 5.75 Å². The predicted octanol–water partition coefficient (Wildman–Crippen LogP) is 1.86. The van der Waals surface area contributed by atoms with Crippen molar-refractivity contribution in [1.82, 2.24) is 4.90 Å². The molecule has 0 aliphatic carbocycles. The second-order valence-electron chi connectivity index (χ2n) is 6.74. The standard InChI is InChI=1S/C20H19N3O6/c24-19(14-4-3-5-15(12-14)23(26)27)22-13-18(20(25)21-8-10-28-11-9-21)29-17-7-2-1-6-16(17)22/h1-7,12,18H,8-11,13H2/t18-/m1/s1. The number of carbonyl (C=O) groups is 2. The molecule has 29 heavy (non-hydrogen) atoms. The van der Waals surface area contributed by atoms with Crippen LogP contribution in [0.4, 0.5) is 11.4 Å². The lowest BCUT2D eigenvalue weighted by Gasteiger charge is -2.37. The first-order chi connectivity index (χ1) is 14.0. The summed E-state index contributed by atoms with van der Waals surface area (Å²) >= 11 is 0. The van der Waals surface area contributed by atoms with Crippen LogP contribution in [0.15, 0.2) is 48.5 Å². The van der Waals surface area contributed by atoms with Gasteiger partial charge in [-0.25, -0.2) is 0 Å². The minimum atomic E-state index is -0.856. The highest BCUT2D eigenvalue weighted by molar-refractivity contribution is 6.08. The third kappa shape index (κ3) is 3.77. The van der Waals surface area contributed by atoms with E-state index < -0.39 is 16.9 Å². The van der Waals surface area contributed by atoms with E-state index in [4.69, 9.17) is 9.47 Å². The van der Waals surface area contributed by atoms with Gasteiger partial charge in [0, 0.05) is 30.8 Å². The highest BCUT2D eigenvalue weighted by Gasteiger charge is 2.36. The van der Waals surface area contributed by atoms with Crippen molar-refractivity contribution >= 4 is 23.2 Å². The van der Waals surface area contributed by atoms with Crippen molar-refractivity contribution in [1.29, 1.82) is 0 Å². The Balaban J connectivity index is 1.64. The third-order valence-corrected chi connectivity index (χ3v) is 4.92. The molecule has 1 atom stereocenters. The van der Waals surface area contributed by atoms with E-state index in [1.165, 1.54) is 29.2 Å². The zero-order chi connectivity index (χ0) is 20.4. The molecular weight excluding hydrogens is 378 g/mol. The molecule has 2 aromatic carbocycles. The Morgan fingerprint density at radius 1 is 1.07 bits per heavy atom. The van der Waals surface area contributed by atoms with Crippen LogP contribution in [0.3, 0.4) is 0 Å². The van der Waals surface area contributed by atoms with Gasteiger partial charge in [-0.1, -0.05) is 18.2 Å². The summed E-state index contributed by atoms with van der Waals surface area (Å²) in [6, 6.07) is 12.5. The molecule has 1 fully saturated rings. The number of nitro groups is 1. The number of anilines is 1. The number of morpholine rings is 1. The molecule has 150 valence electrons. The van der Waals surface area contributed by atoms with Gasteiger partial charge < -0.3 is 19.3 Å². The summed E-state index contributed by atoms with van der Waals surface area (Å²) in [6.07, 6.45) is -0.856. The highest BCUT2D eigenvalue weighted by atomic mass is 16.6. The van der Waals surface area contributed by atoms with Crippen molar-refractivity contribution in [3.05, 3.63) is 64.2 Å². The third-order valence-electron chi connectivity index (χ3n) is 4.92. The van der Waals surface area contributed by atoms with E-state index in [0.29, 0.717) is 37.7 Å². The molecule has 9 nitrogen and oxygen atoms in total. The lowest BCUT2D eigenvalue weighted by Crippen LogP contribution is -2.54. The number of ether oxygens (including phenoxy) is 2. The molecule has 9 heteroatoms. The molecule has 0 spiro atoms. The maximum absolute atomic E-state index is 13.2. The fourth-order valence-electron chi connectivity index (χ4n) is 3.45. The van der Waals surface area contributed by atoms with Gasteiger partial charge in [-0.15, -0.1) is 0 Å². The van der Waals surface area contributed by atoms with E-state index in [2.05, 4.69) is 0 Å². The highest BCUT2D eigenvalue weighted by Crippen LogP contribution is 2.34. The van der Waals surface area contributed by atoms with Gasteiger partial charge in [0.25, 0.3) is 17.5 Å². The molecule has 0 bridgehead atoms. The molecule has 2 aliphatic heterocycles. The molecule has 0 N–H and O–H groups in total. The van der Waals surface area contributed by atoms with E-state index in [0.717, 1.165) is 0 Å². The van der Waals surface area contributed by atoms with Gasteiger partial charge in [-0.3, -0.25) is 19.7 Å². The Morgan fingerprint density at radius 2 is 1.83 bits per heavy atom. The fourth-order valence-corrected chi connectivity index (χ4v) is 3.45. The van der Waals surface area contributed by atoms with Crippen LogP contribution in [0, 0.1) is 10.1 Å². The second-order valence-corrected chi connectivity index (χ2v) is 6.74. The van der Waals surface area contributed by atoms with Crippen LogP contribution in [0.1, 0.15) is 10.4 Å². The molecular formula is C20H19N3O6. The van der Waals surface area contributed by atoms with Crippen LogP contribution >= 0.6 is 0 Å². The first-order valence-corrected chi connectivity index (χ1v) is 9.23. The molecule has 0 saturated carbocycles. The van der Waals surface area contributed by atoms with Crippen molar-refractivity contribution in [3.8, 4) is 5.75 Å². The van der Waals surface area contributed by atoms with Crippen molar-refractivity contribution in [2.24, 2.45) is 0 Å². The maximum Gasteiger partial charge on any atom is 0.270 e. The number of carbonyl (C=O) groups excluding carboxylic acids is 2. The number of nitrogens with zero attached hydrogens (tertiary/aromatic N) is 3.